The fourth-order valence-electron chi connectivity index (χ4n) is 2.55. The van der Waals surface area contributed by atoms with E-state index in [2.05, 4.69) is 37.3 Å². The Morgan fingerprint density at radius 1 is 0.684 bits per heavy atom. The number of fused-ring (bicyclic) bond motifs is 3. The van der Waals surface area contributed by atoms with Gasteiger partial charge in [-0.1, -0.05) is 18.2 Å². The van der Waals surface area contributed by atoms with Crippen molar-refractivity contribution in [2.45, 2.75) is 6.92 Å². The number of aryl methyl sites for hydroxylation is 1. The van der Waals surface area contributed by atoms with Gasteiger partial charge in [-0.15, -0.1) is 0 Å². The highest BCUT2D eigenvalue weighted by Gasteiger charge is 2.06. The van der Waals surface area contributed by atoms with Gasteiger partial charge in [0.25, 0.3) is 0 Å². The average Bonchev–Trinajstić information content (AvgIpc) is 2.46. The number of benzene rings is 3. The van der Waals surface area contributed by atoms with E-state index in [-0.39, 0.29) is 0 Å². The Morgan fingerprint density at radius 3 is 2.00 bits per heavy atom. The van der Waals surface area contributed by atoms with Crippen molar-refractivity contribution < 1.29 is 9.47 Å². The quantitative estimate of drug-likeness (QED) is 0.632. The topological polar surface area (TPSA) is 18.5 Å². The summed E-state index contributed by atoms with van der Waals surface area (Å²) in [5, 5.41) is 4.87. The Morgan fingerprint density at radius 2 is 1.32 bits per heavy atom. The van der Waals surface area contributed by atoms with Gasteiger partial charge in [0.05, 0.1) is 14.2 Å². The van der Waals surface area contributed by atoms with Crippen molar-refractivity contribution in [1.29, 1.82) is 0 Å². The molecular formula is C17H16O2. The van der Waals surface area contributed by atoms with Crippen LogP contribution in [0, 0.1) is 6.92 Å². The van der Waals surface area contributed by atoms with Crippen molar-refractivity contribution >= 4 is 21.5 Å². The van der Waals surface area contributed by atoms with Crippen LogP contribution in [0.3, 0.4) is 0 Å². The standard InChI is InChI=1S/C17H16O2/c1-11-8-12-4-5-13(18-2)9-16(12)17-10-14(19-3)6-7-15(11)17/h4-10H,1-3H3. The summed E-state index contributed by atoms with van der Waals surface area (Å²) in [5.41, 5.74) is 1.27. The lowest BCUT2D eigenvalue weighted by atomic mass is 9.97. The smallest absolute Gasteiger partial charge is 0.119 e. The summed E-state index contributed by atoms with van der Waals surface area (Å²) < 4.78 is 10.7. The Balaban J connectivity index is 2.46. The molecule has 3 rings (SSSR count). The molecule has 0 aliphatic carbocycles. The number of hydrogen-bond acceptors (Lipinski definition) is 2. The average molecular weight is 252 g/mol. The Hall–Kier alpha value is -2.22. The lowest BCUT2D eigenvalue weighted by molar-refractivity contribution is 0.415. The normalized spacial score (nSPS) is 10.9. The SMILES string of the molecule is COc1ccc2cc(C)c3ccc(OC)cc3c2c1. The summed E-state index contributed by atoms with van der Waals surface area (Å²) in [6.45, 7) is 2.14. The molecule has 0 N–H and O–H groups in total. The first-order valence-electron chi connectivity index (χ1n) is 6.28. The van der Waals surface area contributed by atoms with Gasteiger partial charge in [0.1, 0.15) is 11.5 Å². The third-order valence-corrected chi connectivity index (χ3v) is 3.57. The zero-order chi connectivity index (χ0) is 13.4. The van der Waals surface area contributed by atoms with Crippen molar-refractivity contribution in [3.63, 3.8) is 0 Å². The highest BCUT2D eigenvalue weighted by atomic mass is 16.5. The van der Waals surface area contributed by atoms with Crippen LogP contribution in [0.5, 0.6) is 11.5 Å². The molecule has 0 unspecified atom stereocenters. The van der Waals surface area contributed by atoms with Crippen LogP contribution in [0.25, 0.3) is 21.5 Å². The molecule has 3 aromatic carbocycles. The Labute approximate surface area is 112 Å². The third-order valence-electron chi connectivity index (χ3n) is 3.57. The van der Waals surface area contributed by atoms with Crippen LogP contribution in [0.1, 0.15) is 5.56 Å². The molecular weight excluding hydrogens is 236 g/mol. The van der Waals surface area contributed by atoms with Gasteiger partial charge in [-0.2, -0.15) is 0 Å². The summed E-state index contributed by atoms with van der Waals surface area (Å²) in [7, 11) is 3.39. The van der Waals surface area contributed by atoms with E-state index < -0.39 is 0 Å². The van der Waals surface area contributed by atoms with E-state index >= 15 is 0 Å². The molecule has 0 heterocycles. The molecule has 0 amide bonds. The fourth-order valence-corrected chi connectivity index (χ4v) is 2.55. The summed E-state index contributed by atoms with van der Waals surface area (Å²) in [4.78, 5) is 0. The van der Waals surface area contributed by atoms with E-state index in [9.17, 15) is 0 Å². The first kappa shape index (κ1) is 11.8. The fraction of sp³-hybridized carbons (Fsp3) is 0.176. The van der Waals surface area contributed by atoms with Crippen LogP contribution in [0.2, 0.25) is 0 Å². The van der Waals surface area contributed by atoms with Gasteiger partial charge >= 0.3 is 0 Å². The maximum atomic E-state index is 5.34. The van der Waals surface area contributed by atoms with Gasteiger partial charge in [-0.3, -0.25) is 0 Å². The van der Waals surface area contributed by atoms with Crippen molar-refractivity contribution in [2.75, 3.05) is 14.2 Å². The van der Waals surface area contributed by atoms with E-state index in [4.69, 9.17) is 9.47 Å². The third kappa shape index (κ3) is 1.89. The second kappa shape index (κ2) is 4.47. The summed E-state index contributed by atoms with van der Waals surface area (Å²) in [6.07, 6.45) is 0. The van der Waals surface area contributed by atoms with E-state index in [0.717, 1.165) is 11.5 Å². The highest BCUT2D eigenvalue weighted by Crippen LogP contribution is 2.33. The van der Waals surface area contributed by atoms with E-state index in [0.29, 0.717) is 0 Å². The molecule has 0 aliphatic heterocycles. The van der Waals surface area contributed by atoms with Crippen LogP contribution in [0.15, 0.2) is 42.5 Å². The largest absolute Gasteiger partial charge is 0.497 e. The summed E-state index contributed by atoms with van der Waals surface area (Å²) >= 11 is 0. The first-order chi connectivity index (χ1) is 9.22. The van der Waals surface area contributed by atoms with E-state index in [1.54, 1.807) is 14.2 Å². The molecule has 19 heavy (non-hydrogen) atoms. The minimum absolute atomic E-state index is 0.875. The van der Waals surface area contributed by atoms with Crippen molar-refractivity contribution in [2.24, 2.45) is 0 Å². The first-order valence-corrected chi connectivity index (χ1v) is 6.28. The molecule has 0 saturated carbocycles. The molecule has 0 spiro atoms. The predicted octanol–water partition coefficient (Wildman–Crippen LogP) is 4.32. The number of methoxy groups -OCH3 is 2. The molecule has 0 atom stereocenters. The molecule has 3 aromatic rings. The van der Waals surface area contributed by atoms with Gasteiger partial charge in [-0.05, 0) is 58.3 Å². The maximum absolute atomic E-state index is 5.34. The minimum atomic E-state index is 0.875. The van der Waals surface area contributed by atoms with Gasteiger partial charge in [0.15, 0.2) is 0 Å². The Kier molecular flexibility index (Phi) is 2.79. The van der Waals surface area contributed by atoms with Crippen molar-refractivity contribution in [1.82, 2.24) is 0 Å². The number of ether oxygens (including phenoxy) is 2. The Bertz CT molecular complexity index is 760. The molecule has 0 aromatic heterocycles. The van der Waals surface area contributed by atoms with Gasteiger partial charge < -0.3 is 9.47 Å². The minimum Gasteiger partial charge on any atom is -0.497 e. The van der Waals surface area contributed by atoms with Crippen molar-refractivity contribution in [3.8, 4) is 11.5 Å². The number of hydrogen-bond donors (Lipinski definition) is 0. The summed E-state index contributed by atoms with van der Waals surface area (Å²) in [6, 6.07) is 14.6. The zero-order valence-electron chi connectivity index (χ0n) is 11.4. The molecule has 96 valence electrons. The highest BCUT2D eigenvalue weighted by molar-refractivity contribution is 6.09. The van der Waals surface area contributed by atoms with Crippen LogP contribution in [0.4, 0.5) is 0 Å². The van der Waals surface area contributed by atoms with E-state index in [1.807, 2.05) is 12.1 Å². The lowest BCUT2D eigenvalue weighted by Crippen LogP contribution is -1.87. The zero-order valence-corrected chi connectivity index (χ0v) is 11.4. The van der Waals surface area contributed by atoms with Crippen LogP contribution in [-0.4, -0.2) is 14.2 Å². The second-order valence-electron chi connectivity index (χ2n) is 4.69. The molecule has 0 fully saturated rings. The van der Waals surface area contributed by atoms with Gasteiger partial charge in [-0.25, -0.2) is 0 Å². The number of rotatable bonds is 2. The van der Waals surface area contributed by atoms with Crippen LogP contribution < -0.4 is 9.47 Å². The van der Waals surface area contributed by atoms with Gasteiger partial charge in [0.2, 0.25) is 0 Å². The maximum Gasteiger partial charge on any atom is 0.119 e. The van der Waals surface area contributed by atoms with E-state index in [1.165, 1.54) is 27.1 Å². The van der Waals surface area contributed by atoms with Gasteiger partial charge in [0, 0.05) is 0 Å². The summed E-state index contributed by atoms with van der Waals surface area (Å²) in [5.74, 6) is 1.75. The molecule has 0 bridgehead atoms. The van der Waals surface area contributed by atoms with Crippen LogP contribution >= 0.6 is 0 Å². The van der Waals surface area contributed by atoms with Crippen molar-refractivity contribution in [3.05, 3.63) is 48.0 Å². The molecule has 2 heteroatoms. The molecule has 0 radical (unpaired) electrons. The molecule has 0 saturated heterocycles. The second-order valence-corrected chi connectivity index (χ2v) is 4.69. The monoisotopic (exact) mass is 252 g/mol. The van der Waals surface area contributed by atoms with Crippen LogP contribution in [-0.2, 0) is 0 Å². The molecule has 2 nitrogen and oxygen atoms in total. The molecule has 0 aliphatic rings. The predicted molar refractivity (Wildman–Crippen MR) is 79.3 cm³/mol. The lowest BCUT2D eigenvalue weighted by Gasteiger charge is -2.10.